The molecule has 5 N–H and O–H groups in total. The van der Waals surface area contributed by atoms with E-state index in [2.05, 4.69) is 0 Å². The maximum Gasteiger partial charge on any atom is 0.335 e. The van der Waals surface area contributed by atoms with Gasteiger partial charge >= 0.3 is 5.69 Å². The number of H-pyrrole nitrogens is 1. The Morgan fingerprint density at radius 2 is 2.06 bits per heavy atom. The van der Waals surface area contributed by atoms with E-state index in [4.69, 9.17) is 11.5 Å². The van der Waals surface area contributed by atoms with E-state index in [0.717, 1.165) is 6.20 Å². The molecule has 0 saturated heterocycles. The van der Waals surface area contributed by atoms with Crippen molar-refractivity contribution < 1.29 is 9.59 Å². The highest BCUT2D eigenvalue weighted by Crippen LogP contribution is 1.93. The summed E-state index contributed by atoms with van der Waals surface area (Å²) >= 11 is 0. The third kappa shape index (κ3) is 2.88. The van der Waals surface area contributed by atoms with E-state index in [1.807, 2.05) is 4.98 Å². The number of nitrogens with one attached hydrogen (secondary N) is 1. The molecule has 0 bridgehead atoms. The van der Waals surface area contributed by atoms with Gasteiger partial charge in [0.2, 0.25) is 11.8 Å². The predicted molar refractivity (Wildman–Crippen MR) is 58.5 cm³/mol. The topological polar surface area (TPSA) is 141 Å². The van der Waals surface area contributed by atoms with Gasteiger partial charge in [-0.2, -0.15) is 0 Å². The van der Waals surface area contributed by atoms with E-state index in [1.165, 1.54) is 6.92 Å². The maximum atomic E-state index is 11.6. The normalized spacial score (nSPS) is 12.1. The molecule has 1 unspecified atom stereocenters. The van der Waals surface area contributed by atoms with Crippen LogP contribution in [0, 0.1) is 6.92 Å². The lowest BCUT2D eigenvalue weighted by atomic mass is 10.2. The van der Waals surface area contributed by atoms with Gasteiger partial charge in [0.05, 0.1) is 12.5 Å². The molecule has 0 aliphatic carbocycles. The van der Waals surface area contributed by atoms with Gasteiger partial charge in [-0.25, -0.2) is 9.36 Å². The van der Waals surface area contributed by atoms with Crippen molar-refractivity contribution in [2.45, 2.75) is 19.4 Å². The van der Waals surface area contributed by atoms with Crippen LogP contribution in [-0.4, -0.2) is 27.4 Å². The minimum atomic E-state index is -1.17. The molecule has 17 heavy (non-hydrogen) atoms. The van der Waals surface area contributed by atoms with E-state index in [9.17, 15) is 19.2 Å². The second-order valence-corrected chi connectivity index (χ2v) is 3.55. The van der Waals surface area contributed by atoms with Crippen LogP contribution in [0.1, 0.15) is 16.8 Å². The molecule has 8 heteroatoms. The van der Waals surface area contributed by atoms with Crippen molar-refractivity contribution in [2.24, 2.45) is 11.5 Å². The third-order valence-electron chi connectivity index (χ3n) is 2.15. The van der Waals surface area contributed by atoms with Gasteiger partial charge < -0.3 is 11.5 Å². The zero-order chi connectivity index (χ0) is 13.2. The standard InChI is InChI=1S/C9H12N4O4/c1-4-3-13(9(17)12-8(4)16)6(14)2-5(10)7(11)15/h3,5H,2,10H2,1H3,(H2,11,15)(H,12,16,17). The molecule has 1 amide bonds. The van der Waals surface area contributed by atoms with Crippen LogP contribution in [0.2, 0.25) is 0 Å². The van der Waals surface area contributed by atoms with E-state index in [0.29, 0.717) is 4.57 Å². The van der Waals surface area contributed by atoms with E-state index in [-0.39, 0.29) is 5.56 Å². The fraction of sp³-hybridized carbons (Fsp3) is 0.333. The van der Waals surface area contributed by atoms with Gasteiger partial charge in [0, 0.05) is 11.8 Å². The molecule has 1 aromatic heterocycles. The summed E-state index contributed by atoms with van der Waals surface area (Å²) in [7, 11) is 0. The quantitative estimate of drug-likeness (QED) is 0.544. The van der Waals surface area contributed by atoms with Crippen molar-refractivity contribution in [3.8, 4) is 0 Å². The van der Waals surface area contributed by atoms with Crippen molar-refractivity contribution in [3.05, 3.63) is 32.6 Å². The van der Waals surface area contributed by atoms with Gasteiger partial charge in [-0.1, -0.05) is 0 Å². The number of rotatable bonds is 3. The second-order valence-electron chi connectivity index (χ2n) is 3.55. The molecule has 0 radical (unpaired) electrons. The summed E-state index contributed by atoms with van der Waals surface area (Å²) in [5.74, 6) is -1.55. The highest BCUT2D eigenvalue weighted by molar-refractivity contribution is 5.88. The zero-order valence-electron chi connectivity index (χ0n) is 9.10. The Kier molecular flexibility index (Phi) is 3.59. The number of primary amides is 1. The van der Waals surface area contributed by atoms with Gasteiger partial charge in [0.1, 0.15) is 0 Å². The number of aromatic amines is 1. The highest BCUT2D eigenvalue weighted by atomic mass is 16.2. The summed E-state index contributed by atoms with van der Waals surface area (Å²) in [5, 5.41) is 0. The minimum Gasteiger partial charge on any atom is -0.368 e. The zero-order valence-corrected chi connectivity index (χ0v) is 9.10. The first kappa shape index (κ1) is 12.8. The molecule has 0 aromatic carbocycles. The van der Waals surface area contributed by atoms with Gasteiger partial charge in [-0.05, 0) is 6.92 Å². The van der Waals surface area contributed by atoms with Crippen LogP contribution in [0.25, 0.3) is 0 Å². The molecule has 0 spiro atoms. The van der Waals surface area contributed by atoms with Crippen molar-refractivity contribution in [3.63, 3.8) is 0 Å². The number of nitrogens with zero attached hydrogens (tertiary/aromatic N) is 1. The summed E-state index contributed by atoms with van der Waals surface area (Å²) in [5.41, 5.74) is 8.94. The average Bonchev–Trinajstić information content (AvgIpc) is 2.22. The fourth-order valence-corrected chi connectivity index (χ4v) is 1.14. The molecule has 1 heterocycles. The van der Waals surface area contributed by atoms with Gasteiger partial charge in [0.15, 0.2) is 0 Å². The first-order valence-corrected chi connectivity index (χ1v) is 4.73. The Morgan fingerprint density at radius 1 is 1.47 bits per heavy atom. The fourth-order valence-electron chi connectivity index (χ4n) is 1.14. The largest absolute Gasteiger partial charge is 0.368 e. The Morgan fingerprint density at radius 3 is 2.59 bits per heavy atom. The first-order chi connectivity index (χ1) is 7.82. The molecule has 1 atom stereocenters. The summed E-state index contributed by atoms with van der Waals surface area (Å²) in [6, 6.07) is -1.17. The summed E-state index contributed by atoms with van der Waals surface area (Å²) < 4.78 is 0.694. The van der Waals surface area contributed by atoms with Crippen molar-refractivity contribution in [2.75, 3.05) is 0 Å². The molecular formula is C9H12N4O4. The van der Waals surface area contributed by atoms with Gasteiger partial charge in [-0.15, -0.1) is 0 Å². The SMILES string of the molecule is Cc1cn(C(=O)CC(N)C(N)=O)c(=O)[nH]c1=O. The molecule has 0 saturated carbocycles. The van der Waals surface area contributed by atoms with E-state index < -0.39 is 35.5 Å². The number of hydrogen-bond acceptors (Lipinski definition) is 5. The predicted octanol–water partition coefficient (Wildman–Crippen LogP) is -2.31. The number of carbonyl (C=O) groups excluding carboxylic acids is 2. The van der Waals surface area contributed by atoms with Gasteiger partial charge in [0.25, 0.3) is 5.56 Å². The summed E-state index contributed by atoms with van der Waals surface area (Å²) in [6.07, 6.45) is 0.692. The van der Waals surface area contributed by atoms with Crippen LogP contribution in [0.3, 0.4) is 0 Å². The molecule has 8 nitrogen and oxygen atoms in total. The molecule has 0 aliphatic rings. The van der Waals surface area contributed by atoms with E-state index in [1.54, 1.807) is 0 Å². The van der Waals surface area contributed by atoms with Crippen LogP contribution < -0.4 is 22.7 Å². The number of carbonyl (C=O) groups is 2. The lowest BCUT2D eigenvalue weighted by Crippen LogP contribution is -2.42. The molecular weight excluding hydrogens is 228 g/mol. The van der Waals surface area contributed by atoms with Crippen molar-refractivity contribution >= 4 is 11.8 Å². The summed E-state index contributed by atoms with van der Waals surface area (Å²) in [4.78, 5) is 46.6. The number of nitrogens with two attached hydrogens (primary N) is 2. The number of amides is 1. The second kappa shape index (κ2) is 4.74. The molecule has 0 fully saturated rings. The Hall–Kier alpha value is -2.22. The third-order valence-corrected chi connectivity index (χ3v) is 2.15. The first-order valence-electron chi connectivity index (χ1n) is 4.73. The van der Waals surface area contributed by atoms with Crippen LogP contribution in [0.15, 0.2) is 15.8 Å². The molecule has 0 aliphatic heterocycles. The Labute approximate surface area is 95.2 Å². The number of hydrogen-bond donors (Lipinski definition) is 3. The monoisotopic (exact) mass is 240 g/mol. The van der Waals surface area contributed by atoms with E-state index >= 15 is 0 Å². The van der Waals surface area contributed by atoms with Crippen LogP contribution in [0.5, 0.6) is 0 Å². The highest BCUT2D eigenvalue weighted by Gasteiger charge is 2.17. The number of aryl methyl sites for hydroxylation is 1. The summed E-state index contributed by atoms with van der Waals surface area (Å²) in [6.45, 7) is 1.44. The average molecular weight is 240 g/mol. The Balaban J connectivity index is 3.06. The number of aromatic nitrogens is 2. The lowest BCUT2D eigenvalue weighted by Gasteiger charge is -2.07. The lowest BCUT2D eigenvalue weighted by molar-refractivity contribution is -0.119. The van der Waals surface area contributed by atoms with Gasteiger partial charge in [-0.3, -0.25) is 19.4 Å². The molecule has 92 valence electrons. The molecule has 1 aromatic rings. The minimum absolute atomic E-state index is 0.200. The Bertz CT molecular complexity index is 571. The van der Waals surface area contributed by atoms with Crippen LogP contribution >= 0.6 is 0 Å². The van der Waals surface area contributed by atoms with Crippen molar-refractivity contribution in [1.82, 2.24) is 9.55 Å². The van der Waals surface area contributed by atoms with Crippen molar-refractivity contribution in [1.29, 1.82) is 0 Å². The maximum absolute atomic E-state index is 11.6. The molecule has 1 rings (SSSR count). The smallest absolute Gasteiger partial charge is 0.335 e. The van der Waals surface area contributed by atoms with Crippen LogP contribution in [0.4, 0.5) is 0 Å². The van der Waals surface area contributed by atoms with Crippen LogP contribution in [-0.2, 0) is 4.79 Å².